The highest BCUT2D eigenvalue weighted by Gasteiger charge is 2.12. The molecule has 1 atom stereocenters. The van der Waals surface area contributed by atoms with Gasteiger partial charge >= 0.3 is 0 Å². The monoisotopic (exact) mass is 246 g/mol. The van der Waals surface area contributed by atoms with Gasteiger partial charge in [-0.1, -0.05) is 19.1 Å². The number of thiophene rings is 1. The molecular formula is C14H18N2S. The summed E-state index contributed by atoms with van der Waals surface area (Å²) in [5, 5.41) is 5.72. The molecule has 2 aromatic heterocycles. The van der Waals surface area contributed by atoms with Crippen molar-refractivity contribution >= 4 is 11.3 Å². The predicted molar refractivity (Wildman–Crippen MR) is 73.3 cm³/mol. The van der Waals surface area contributed by atoms with E-state index in [9.17, 15) is 0 Å². The molecular weight excluding hydrogens is 228 g/mol. The minimum Gasteiger partial charge on any atom is -0.309 e. The molecule has 3 heteroatoms. The highest BCUT2D eigenvalue weighted by atomic mass is 32.1. The summed E-state index contributed by atoms with van der Waals surface area (Å²) >= 11 is 1.81. The smallest absolute Gasteiger partial charge is 0.0470 e. The van der Waals surface area contributed by atoms with Gasteiger partial charge in [-0.25, -0.2) is 0 Å². The van der Waals surface area contributed by atoms with Crippen LogP contribution in [0.25, 0.3) is 0 Å². The summed E-state index contributed by atoms with van der Waals surface area (Å²) in [6, 6.07) is 10.8. The van der Waals surface area contributed by atoms with Crippen molar-refractivity contribution in [1.29, 1.82) is 0 Å². The molecule has 0 aliphatic heterocycles. The Morgan fingerprint density at radius 1 is 1.29 bits per heavy atom. The Kier molecular flexibility index (Phi) is 4.71. The van der Waals surface area contributed by atoms with Crippen LogP contribution in [0.5, 0.6) is 0 Å². The van der Waals surface area contributed by atoms with Crippen molar-refractivity contribution in [2.75, 3.05) is 6.54 Å². The molecule has 0 aliphatic rings. The lowest BCUT2D eigenvalue weighted by molar-refractivity contribution is 0.531. The Bertz CT molecular complexity index is 411. The summed E-state index contributed by atoms with van der Waals surface area (Å²) in [7, 11) is 0. The molecule has 0 aliphatic carbocycles. The van der Waals surface area contributed by atoms with Crippen molar-refractivity contribution in [1.82, 2.24) is 10.3 Å². The molecule has 2 nitrogen and oxygen atoms in total. The Labute approximate surface area is 107 Å². The summed E-state index contributed by atoms with van der Waals surface area (Å²) < 4.78 is 0. The van der Waals surface area contributed by atoms with Gasteiger partial charge in [-0.2, -0.15) is 0 Å². The van der Waals surface area contributed by atoms with E-state index in [1.165, 1.54) is 4.88 Å². The quantitative estimate of drug-likeness (QED) is 0.844. The van der Waals surface area contributed by atoms with Gasteiger partial charge in [0.05, 0.1) is 0 Å². The fourth-order valence-corrected chi connectivity index (χ4v) is 2.61. The zero-order chi connectivity index (χ0) is 11.9. The number of pyridine rings is 1. The van der Waals surface area contributed by atoms with E-state index < -0.39 is 0 Å². The van der Waals surface area contributed by atoms with Crippen molar-refractivity contribution in [3.63, 3.8) is 0 Å². The van der Waals surface area contributed by atoms with Crippen LogP contribution in [0.4, 0.5) is 0 Å². The summed E-state index contributed by atoms with van der Waals surface area (Å²) in [4.78, 5) is 5.79. The third-order valence-electron chi connectivity index (χ3n) is 2.67. The van der Waals surface area contributed by atoms with Gasteiger partial charge in [0.2, 0.25) is 0 Å². The van der Waals surface area contributed by atoms with E-state index in [0.717, 1.165) is 25.1 Å². The molecule has 0 spiro atoms. The van der Waals surface area contributed by atoms with Crippen LogP contribution in [-0.4, -0.2) is 11.5 Å². The molecule has 0 bridgehead atoms. The summed E-state index contributed by atoms with van der Waals surface area (Å²) in [5.74, 6) is 0. The standard InChI is InChI=1S/C14H18N2S/c1-2-8-16-13(14-7-5-10-17-14)11-12-6-3-4-9-15-12/h3-7,9-10,13,16H,2,8,11H2,1H3. The number of hydrogen-bond acceptors (Lipinski definition) is 3. The maximum atomic E-state index is 4.40. The molecule has 2 heterocycles. The third kappa shape index (κ3) is 3.65. The van der Waals surface area contributed by atoms with Crippen molar-refractivity contribution in [2.45, 2.75) is 25.8 Å². The first-order valence-corrected chi connectivity index (χ1v) is 6.95. The molecule has 0 fully saturated rings. The zero-order valence-electron chi connectivity index (χ0n) is 10.1. The van der Waals surface area contributed by atoms with Gasteiger partial charge in [0.1, 0.15) is 0 Å². The number of rotatable bonds is 6. The molecule has 0 amide bonds. The molecule has 90 valence electrons. The third-order valence-corrected chi connectivity index (χ3v) is 3.65. The maximum Gasteiger partial charge on any atom is 0.0470 e. The lowest BCUT2D eigenvalue weighted by atomic mass is 10.1. The van der Waals surface area contributed by atoms with Crippen LogP contribution in [0.3, 0.4) is 0 Å². The van der Waals surface area contributed by atoms with Crippen molar-refractivity contribution < 1.29 is 0 Å². The second-order valence-corrected chi connectivity index (χ2v) is 5.03. The Morgan fingerprint density at radius 2 is 2.24 bits per heavy atom. The molecule has 0 saturated carbocycles. The van der Waals surface area contributed by atoms with Crippen molar-refractivity contribution in [2.24, 2.45) is 0 Å². The first-order valence-electron chi connectivity index (χ1n) is 6.07. The van der Waals surface area contributed by atoms with Crippen LogP contribution >= 0.6 is 11.3 Å². The van der Waals surface area contributed by atoms with E-state index in [0.29, 0.717) is 6.04 Å². The maximum absolute atomic E-state index is 4.40. The summed E-state index contributed by atoms with van der Waals surface area (Å²) in [6.45, 7) is 3.24. The van der Waals surface area contributed by atoms with Crippen LogP contribution in [0.2, 0.25) is 0 Å². The molecule has 1 N–H and O–H groups in total. The minimum atomic E-state index is 0.393. The van der Waals surface area contributed by atoms with E-state index in [4.69, 9.17) is 0 Å². The average molecular weight is 246 g/mol. The SMILES string of the molecule is CCCNC(Cc1ccccn1)c1cccs1. The van der Waals surface area contributed by atoms with Crippen LogP contribution < -0.4 is 5.32 Å². The molecule has 0 aromatic carbocycles. The summed E-state index contributed by atoms with van der Waals surface area (Å²) in [5.41, 5.74) is 1.15. The van der Waals surface area contributed by atoms with Crippen molar-refractivity contribution in [3.05, 3.63) is 52.5 Å². The van der Waals surface area contributed by atoms with Gasteiger partial charge in [0, 0.05) is 29.2 Å². The highest BCUT2D eigenvalue weighted by molar-refractivity contribution is 7.10. The Hall–Kier alpha value is -1.19. The van der Waals surface area contributed by atoms with Gasteiger partial charge in [-0.3, -0.25) is 4.98 Å². The minimum absolute atomic E-state index is 0.393. The lowest BCUT2D eigenvalue weighted by Gasteiger charge is -2.16. The molecule has 0 radical (unpaired) electrons. The van der Waals surface area contributed by atoms with Gasteiger partial charge in [0.25, 0.3) is 0 Å². The van der Waals surface area contributed by atoms with Gasteiger partial charge in [0.15, 0.2) is 0 Å². The molecule has 1 unspecified atom stereocenters. The number of nitrogens with zero attached hydrogens (tertiary/aromatic N) is 1. The fourth-order valence-electron chi connectivity index (χ4n) is 1.81. The second-order valence-electron chi connectivity index (χ2n) is 4.05. The Balaban J connectivity index is 2.06. The van der Waals surface area contributed by atoms with Gasteiger partial charge in [-0.15, -0.1) is 11.3 Å². The van der Waals surface area contributed by atoms with Crippen LogP contribution in [0.15, 0.2) is 41.9 Å². The predicted octanol–water partition coefficient (Wildman–Crippen LogP) is 3.43. The fraction of sp³-hybridized carbons (Fsp3) is 0.357. The Morgan fingerprint density at radius 3 is 2.88 bits per heavy atom. The number of hydrogen-bond donors (Lipinski definition) is 1. The first-order chi connectivity index (χ1) is 8.40. The zero-order valence-corrected chi connectivity index (χ0v) is 10.9. The molecule has 17 heavy (non-hydrogen) atoms. The summed E-state index contributed by atoms with van der Waals surface area (Å²) in [6.07, 6.45) is 3.98. The molecule has 0 saturated heterocycles. The van der Waals surface area contributed by atoms with Crippen LogP contribution in [0, 0.1) is 0 Å². The number of aromatic nitrogens is 1. The molecule has 2 aromatic rings. The van der Waals surface area contributed by atoms with Gasteiger partial charge < -0.3 is 5.32 Å². The van der Waals surface area contributed by atoms with E-state index >= 15 is 0 Å². The first kappa shape index (κ1) is 12.3. The second kappa shape index (κ2) is 6.52. The van der Waals surface area contributed by atoms with E-state index in [1.54, 1.807) is 0 Å². The lowest BCUT2D eigenvalue weighted by Crippen LogP contribution is -2.23. The normalized spacial score (nSPS) is 12.5. The largest absolute Gasteiger partial charge is 0.309 e. The van der Waals surface area contributed by atoms with Crippen LogP contribution in [-0.2, 0) is 6.42 Å². The molecule has 2 rings (SSSR count). The number of nitrogens with one attached hydrogen (secondary N) is 1. The highest BCUT2D eigenvalue weighted by Crippen LogP contribution is 2.22. The topological polar surface area (TPSA) is 24.9 Å². The van der Waals surface area contributed by atoms with Crippen molar-refractivity contribution in [3.8, 4) is 0 Å². The van der Waals surface area contributed by atoms with E-state index in [-0.39, 0.29) is 0 Å². The van der Waals surface area contributed by atoms with Gasteiger partial charge in [-0.05, 0) is 36.5 Å². The van der Waals surface area contributed by atoms with E-state index in [1.807, 2.05) is 29.7 Å². The van der Waals surface area contributed by atoms with Crippen LogP contribution in [0.1, 0.15) is 30.0 Å². The van der Waals surface area contributed by atoms with E-state index in [2.05, 4.69) is 40.8 Å². The average Bonchev–Trinajstić information content (AvgIpc) is 2.89.